The molecule has 0 aromatic carbocycles. The first-order valence-electron chi connectivity index (χ1n) is 4.86. The molecule has 1 unspecified atom stereocenters. The summed E-state index contributed by atoms with van der Waals surface area (Å²) in [4.78, 5) is 21.6. The first kappa shape index (κ1) is 12.7. The van der Waals surface area contributed by atoms with Crippen LogP contribution in [0.2, 0.25) is 0 Å². The van der Waals surface area contributed by atoms with Crippen molar-refractivity contribution in [3.8, 4) is 0 Å². The third-order valence-electron chi connectivity index (χ3n) is 1.96. The van der Waals surface area contributed by atoms with E-state index in [4.69, 9.17) is 5.11 Å². The summed E-state index contributed by atoms with van der Waals surface area (Å²) in [5.41, 5.74) is 0. The molecule has 0 aromatic heterocycles. The van der Waals surface area contributed by atoms with Crippen molar-refractivity contribution in [3.05, 3.63) is 0 Å². The van der Waals surface area contributed by atoms with E-state index in [-0.39, 0.29) is 18.9 Å². The predicted octanol–water partition coefficient (Wildman–Crippen LogP) is 0.816. The van der Waals surface area contributed by atoms with Crippen LogP contribution in [0.15, 0.2) is 0 Å². The van der Waals surface area contributed by atoms with E-state index in [9.17, 15) is 9.59 Å². The summed E-state index contributed by atoms with van der Waals surface area (Å²) in [6.45, 7) is 0.235. The Balaban J connectivity index is 2.09. The lowest BCUT2D eigenvalue weighted by Crippen LogP contribution is -2.30. The molecule has 2 N–H and O–H groups in total. The third kappa shape index (κ3) is 5.94. The summed E-state index contributed by atoms with van der Waals surface area (Å²) in [7, 11) is 0. The van der Waals surface area contributed by atoms with Crippen LogP contribution in [0.1, 0.15) is 12.8 Å². The molecule has 1 aliphatic rings. The molecular formula is C9H15NO3S2. The van der Waals surface area contributed by atoms with E-state index in [1.165, 1.54) is 5.75 Å². The van der Waals surface area contributed by atoms with Crippen molar-refractivity contribution >= 4 is 35.4 Å². The molecule has 0 aliphatic carbocycles. The van der Waals surface area contributed by atoms with Crippen LogP contribution in [-0.2, 0) is 9.59 Å². The largest absolute Gasteiger partial charge is 0.481 e. The Morgan fingerprint density at radius 3 is 2.80 bits per heavy atom. The predicted molar refractivity (Wildman–Crippen MR) is 63.5 cm³/mol. The highest BCUT2D eigenvalue weighted by molar-refractivity contribution is 8.06. The maximum absolute atomic E-state index is 11.4. The Morgan fingerprint density at radius 2 is 2.20 bits per heavy atom. The Kier molecular flexibility index (Phi) is 5.93. The zero-order chi connectivity index (χ0) is 11.1. The lowest BCUT2D eigenvalue weighted by atomic mass is 10.3. The van der Waals surface area contributed by atoms with Gasteiger partial charge < -0.3 is 10.4 Å². The molecule has 4 nitrogen and oxygen atoms in total. The molecule has 86 valence electrons. The van der Waals surface area contributed by atoms with E-state index in [1.807, 2.05) is 23.5 Å². The maximum Gasteiger partial charge on any atom is 0.305 e. The Hall–Kier alpha value is -0.360. The number of amides is 1. The lowest BCUT2D eigenvalue weighted by molar-refractivity contribution is -0.136. The van der Waals surface area contributed by atoms with Gasteiger partial charge in [0, 0.05) is 35.5 Å². The lowest BCUT2D eigenvalue weighted by Gasteiger charge is -2.20. The monoisotopic (exact) mass is 249 g/mol. The number of aliphatic carboxylic acids is 1. The number of carboxylic acid groups (broad SMARTS) is 1. The molecule has 1 saturated heterocycles. The highest BCUT2D eigenvalue weighted by Crippen LogP contribution is 2.25. The number of hydrogen-bond acceptors (Lipinski definition) is 4. The first-order valence-corrected chi connectivity index (χ1v) is 7.06. The molecule has 1 atom stereocenters. The second-order valence-electron chi connectivity index (χ2n) is 3.27. The van der Waals surface area contributed by atoms with Gasteiger partial charge in [0.25, 0.3) is 0 Å². The van der Waals surface area contributed by atoms with E-state index < -0.39 is 5.97 Å². The van der Waals surface area contributed by atoms with Gasteiger partial charge in [-0.2, -0.15) is 23.5 Å². The van der Waals surface area contributed by atoms with Crippen molar-refractivity contribution in [1.29, 1.82) is 0 Å². The molecule has 0 bridgehead atoms. The van der Waals surface area contributed by atoms with Crippen molar-refractivity contribution in [2.75, 3.05) is 23.8 Å². The quantitative estimate of drug-likeness (QED) is 0.755. The molecule has 15 heavy (non-hydrogen) atoms. The van der Waals surface area contributed by atoms with Crippen LogP contribution in [0.3, 0.4) is 0 Å². The van der Waals surface area contributed by atoms with Crippen molar-refractivity contribution in [3.63, 3.8) is 0 Å². The average Bonchev–Trinajstić information content (AvgIpc) is 2.18. The third-order valence-corrected chi connectivity index (χ3v) is 4.80. The molecule has 0 radical (unpaired) electrons. The normalized spacial score (nSPS) is 20.9. The zero-order valence-corrected chi connectivity index (χ0v) is 10.0. The topological polar surface area (TPSA) is 66.4 Å². The van der Waals surface area contributed by atoms with Gasteiger partial charge in [-0.3, -0.25) is 9.59 Å². The summed E-state index contributed by atoms with van der Waals surface area (Å²) in [5, 5.41) is 11.4. The molecule has 0 saturated carbocycles. The molecule has 6 heteroatoms. The molecule has 1 amide bonds. The number of rotatable bonds is 5. The van der Waals surface area contributed by atoms with E-state index in [1.54, 1.807) is 0 Å². The minimum Gasteiger partial charge on any atom is -0.481 e. The Labute approximate surface area is 97.6 Å². The molecule has 1 heterocycles. The van der Waals surface area contributed by atoms with Gasteiger partial charge in [-0.25, -0.2) is 0 Å². The fraction of sp³-hybridized carbons (Fsp3) is 0.778. The van der Waals surface area contributed by atoms with Crippen molar-refractivity contribution in [2.45, 2.75) is 18.1 Å². The summed E-state index contributed by atoms with van der Waals surface area (Å²) in [6.07, 6.45) is 0.510. The summed E-state index contributed by atoms with van der Waals surface area (Å²) in [6, 6.07) is 0. The van der Waals surface area contributed by atoms with E-state index in [0.29, 0.717) is 11.7 Å². The molecular weight excluding hydrogens is 234 g/mol. The van der Waals surface area contributed by atoms with E-state index in [2.05, 4.69) is 5.32 Å². The van der Waals surface area contributed by atoms with Crippen molar-refractivity contribution in [2.24, 2.45) is 0 Å². The summed E-state index contributed by atoms with van der Waals surface area (Å²) >= 11 is 3.71. The van der Waals surface area contributed by atoms with Gasteiger partial charge in [0.2, 0.25) is 5.91 Å². The molecule has 1 aliphatic heterocycles. The van der Waals surface area contributed by atoms with Gasteiger partial charge in [-0.15, -0.1) is 0 Å². The van der Waals surface area contributed by atoms with Crippen LogP contribution in [0.25, 0.3) is 0 Å². The standard InChI is InChI=1S/C9H15NO3S2/c11-8(10-2-1-9(12)13)5-7-6-14-3-4-15-7/h7H,1-6H2,(H,10,11)(H,12,13). The van der Waals surface area contributed by atoms with Gasteiger partial charge >= 0.3 is 5.97 Å². The van der Waals surface area contributed by atoms with Gasteiger partial charge in [-0.1, -0.05) is 0 Å². The highest BCUT2D eigenvalue weighted by atomic mass is 32.2. The molecule has 0 spiro atoms. The Bertz CT molecular complexity index is 229. The number of carboxylic acids is 1. The summed E-state index contributed by atoms with van der Waals surface area (Å²) < 4.78 is 0. The van der Waals surface area contributed by atoms with Crippen LogP contribution in [0.5, 0.6) is 0 Å². The van der Waals surface area contributed by atoms with Gasteiger partial charge in [0.05, 0.1) is 6.42 Å². The van der Waals surface area contributed by atoms with Crippen LogP contribution in [-0.4, -0.2) is 46.0 Å². The highest BCUT2D eigenvalue weighted by Gasteiger charge is 2.17. The fourth-order valence-electron chi connectivity index (χ4n) is 1.24. The SMILES string of the molecule is O=C(O)CCNC(=O)CC1CSCCS1. The van der Waals surface area contributed by atoms with Crippen LogP contribution >= 0.6 is 23.5 Å². The van der Waals surface area contributed by atoms with Gasteiger partial charge in [0.15, 0.2) is 0 Å². The first-order chi connectivity index (χ1) is 7.18. The minimum absolute atomic E-state index is 0.00169. The van der Waals surface area contributed by atoms with Crippen molar-refractivity contribution < 1.29 is 14.7 Å². The molecule has 1 rings (SSSR count). The van der Waals surface area contributed by atoms with Crippen LogP contribution in [0.4, 0.5) is 0 Å². The van der Waals surface area contributed by atoms with E-state index in [0.717, 1.165) is 11.5 Å². The zero-order valence-electron chi connectivity index (χ0n) is 8.40. The molecule has 0 aromatic rings. The maximum atomic E-state index is 11.4. The number of hydrogen-bond donors (Lipinski definition) is 2. The van der Waals surface area contributed by atoms with Crippen LogP contribution < -0.4 is 5.32 Å². The Morgan fingerprint density at radius 1 is 1.40 bits per heavy atom. The number of carbonyl (C=O) groups excluding carboxylic acids is 1. The number of nitrogens with one attached hydrogen (secondary N) is 1. The smallest absolute Gasteiger partial charge is 0.305 e. The van der Waals surface area contributed by atoms with Gasteiger partial charge in [0.1, 0.15) is 0 Å². The fourth-order valence-corrected chi connectivity index (χ4v) is 3.92. The summed E-state index contributed by atoms with van der Waals surface area (Å²) in [5.74, 6) is 2.39. The average molecular weight is 249 g/mol. The van der Waals surface area contributed by atoms with E-state index >= 15 is 0 Å². The minimum atomic E-state index is -0.877. The second-order valence-corrected chi connectivity index (χ2v) is 5.82. The molecule has 1 fully saturated rings. The number of thioether (sulfide) groups is 2. The van der Waals surface area contributed by atoms with Crippen LogP contribution in [0, 0.1) is 0 Å². The van der Waals surface area contributed by atoms with Gasteiger partial charge in [-0.05, 0) is 0 Å². The second kappa shape index (κ2) is 7.00. The van der Waals surface area contributed by atoms with Crippen molar-refractivity contribution in [1.82, 2.24) is 5.32 Å². The number of carbonyl (C=O) groups is 2.